The Balaban J connectivity index is 3.05. The van der Waals surface area contributed by atoms with Gasteiger partial charge in [0.2, 0.25) is 0 Å². The Hall–Kier alpha value is -1.09. The van der Waals surface area contributed by atoms with Gasteiger partial charge in [-0.1, -0.05) is 13.0 Å². The van der Waals surface area contributed by atoms with E-state index in [4.69, 9.17) is 10.5 Å². The molecule has 0 aromatic heterocycles. The standard InChI is InChI=1S/C10H14FNO/c1-3-9(12)8-5-4-7(11)6-10(8)13-2/h4-6,9H,3,12H2,1-2H3. The van der Waals surface area contributed by atoms with Gasteiger partial charge >= 0.3 is 0 Å². The van der Waals surface area contributed by atoms with E-state index in [-0.39, 0.29) is 11.9 Å². The second-order valence-corrected chi connectivity index (χ2v) is 2.90. The van der Waals surface area contributed by atoms with Crippen LogP contribution in [0, 0.1) is 5.82 Å². The van der Waals surface area contributed by atoms with Gasteiger partial charge in [-0.2, -0.15) is 0 Å². The van der Waals surface area contributed by atoms with Gasteiger partial charge in [0.25, 0.3) is 0 Å². The van der Waals surface area contributed by atoms with E-state index in [9.17, 15) is 4.39 Å². The van der Waals surface area contributed by atoms with Crippen LogP contribution >= 0.6 is 0 Å². The fraction of sp³-hybridized carbons (Fsp3) is 0.400. The minimum Gasteiger partial charge on any atom is -0.496 e. The summed E-state index contributed by atoms with van der Waals surface area (Å²) in [6, 6.07) is 4.33. The molecule has 1 atom stereocenters. The normalized spacial score (nSPS) is 12.6. The number of nitrogens with two attached hydrogens (primary N) is 1. The summed E-state index contributed by atoms with van der Waals surface area (Å²) in [6.07, 6.45) is 0.808. The highest BCUT2D eigenvalue weighted by Gasteiger charge is 2.10. The zero-order valence-corrected chi connectivity index (χ0v) is 7.88. The first kappa shape index (κ1) is 9.99. The van der Waals surface area contributed by atoms with Crippen LogP contribution in [0.5, 0.6) is 5.75 Å². The summed E-state index contributed by atoms with van der Waals surface area (Å²) in [7, 11) is 1.51. The third-order valence-electron chi connectivity index (χ3n) is 2.03. The van der Waals surface area contributed by atoms with E-state index in [1.54, 1.807) is 6.07 Å². The first-order chi connectivity index (χ1) is 6.19. The van der Waals surface area contributed by atoms with Crippen LogP contribution in [0.3, 0.4) is 0 Å². The number of methoxy groups -OCH3 is 1. The van der Waals surface area contributed by atoms with Gasteiger partial charge in [-0.05, 0) is 12.5 Å². The highest BCUT2D eigenvalue weighted by atomic mass is 19.1. The maximum Gasteiger partial charge on any atom is 0.126 e. The minimum atomic E-state index is -0.302. The summed E-state index contributed by atoms with van der Waals surface area (Å²) < 4.78 is 17.8. The van der Waals surface area contributed by atoms with E-state index in [1.165, 1.54) is 19.2 Å². The van der Waals surface area contributed by atoms with E-state index >= 15 is 0 Å². The molecule has 0 aliphatic heterocycles. The number of benzene rings is 1. The number of hydrogen-bond acceptors (Lipinski definition) is 2. The molecule has 0 aliphatic rings. The van der Waals surface area contributed by atoms with Crippen molar-refractivity contribution in [1.29, 1.82) is 0 Å². The molecule has 13 heavy (non-hydrogen) atoms. The Morgan fingerprint density at radius 2 is 2.23 bits per heavy atom. The van der Waals surface area contributed by atoms with Crippen LogP contribution in [-0.4, -0.2) is 7.11 Å². The quantitative estimate of drug-likeness (QED) is 0.780. The summed E-state index contributed by atoms with van der Waals surface area (Å²) in [5.41, 5.74) is 6.67. The molecule has 1 rings (SSSR count). The summed E-state index contributed by atoms with van der Waals surface area (Å²) >= 11 is 0. The molecule has 2 nitrogen and oxygen atoms in total. The van der Waals surface area contributed by atoms with Crippen molar-refractivity contribution < 1.29 is 9.13 Å². The number of rotatable bonds is 3. The smallest absolute Gasteiger partial charge is 0.126 e. The average Bonchev–Trinajstić information content (AvgIpc) is 2.16. The summed E-state index contributed by atoms with van der Waals surface area (Å²) in [5.74, 6) is 0.221. The van der Waals surface area contributed by atoms with Crippen LogP contribution in [0.4, 0.5) is 4.39 Å². The monoisotopic (exact) mass is 183 g/mol. The molecule has 72 valence electrons. The molecular weight excluding hydrogens is 169 g/mol. The van der Waals surface area contributed by atoms with Gasteiger partial charge in [-0.15, -0.1) is 0 Å². The molecule has 0 radical (unpaired) electrons. The second kappa shape index (κ2) is 4.23. The lowest BCUT2D eigenvalue weighted by atomic mass is 10.0. The van der Waals surface area contributed by atoms with Gasteiger partial charge in [-0.25, -0.2) is 4.39 Å². The molecule has 1 unspecified atom stereocenters. The summed E-state index contributed by atoms with van der Waals surface area (Å²) in [4.78, 5) is 0. The van der Waals surface area contributed by atoms with Crippen molar-refractivity contribution >= 4 is 0 Å². The minimum absolute atomic E-state index is 0.0875. The van der Waals surface area contributed by atoms with Crippen LogP contribution < -0.4 is 10.5 Å². The molecule has 0 saturated heterocycles. The predicted molar refractivity (Wildman–Crippen MR) is 50.2 cm³/mol. The Labute approximate surface area is 77.5 Å². The maximum absolute atomic E-state index is 12.8. The van der Waals surface area contributed by atoms with Gasteiger partial charge < -0.3 is 10.5 Å². The van der Waals surface area contributed by atoms with E-state index in [1.807, 2.05) is 6.92 Å². The van der Waals surface area contributed by atoms with Crippen molar-refractivity contribution in [2.75, 3.05) is 7.11 Å². The molecule has 0 heterocycles. The van der Waals surface area contributed by atoms with Crippen LogP contribution in [-0.2, 0) is 0 Å². The lowest BCUT2D eigenvalue weighted by Gasteiger charge is -2.13. The van der Waals surface area contributed by atoms with Crippen molar-refractivity contribution in [3.05, 3.63) is 29.6 Å². The molecule has 3 heteroatoms. The molecule has 0 fully saturated rings. The molecule has 0 aliphatic carbocycles. The Bertz CT molecular complexity index is 288. The first-order valence-corrected chi connectivity index (χ1v) is 4.28. The van der Waals surface area contributed by atoms with E-state index in [0.717, 1.165) is 12.0 Å². The second-order valence-electron chi connectivity index (χ2n) is 2.90. The third-order valence-corrected chi connectivity index (χ3v) is 2.03. The topological polar surface area (TPSA) is 35.2 Å². The number of halogens is 1. The zero-order chi connectivity index (χ0) is 9.84. The highest BCUT2D eigenvalue weighted by Crippen LogP contribution is 2.25. The number of ether oxygens (including phenoxy) is 1. The molecular formula is C10H14FNO. The number of hydrogen-bond donors (Lipinski definition) is 1. The predicted octanol–water partition coefficient (Wildman–Crippen LogP) is 2.24. The van der Waals surface area contributed by atoms with E-state index < -0.39 is 0 Å². The summed E-state index contributed by atoms with van der Waals surface area (Å²) in [5, 5.41) is 0. The Kier molecular flexibility index (Phi) is 3.25. The highest BCUT2D eigenvalue weighted by molar-refractivity contribution is 5.36. The van der Waals surface area contributed by atoms with Gasteiger partial charge in [0.1, 0.15) is 11.6 Å². The molecule has 2 N–H and O–H groups in total. The third kappa shape index (κ3) is 2.18. The molecule has 1 aromatic carbocycles. The Morgan fingerprint density at radius 3 is 2.77 bits per heavy atom. The summed E-state index contributed by atoms with van der Waals surface area (Å²) in [6.45, 7) is 1.98. The van der Waals surface area contributed by atoms with Crippen LogP contribution in [0.25, 0.3) is 0 Å². The maximum atomic E-state index is 12.8. The zero-order valence-electron chi connectivity index (χ0n) is 7.88. The molecule has 0 bridgehead atoms. The fourth-order valence-electron chi connectivity index (χ4n) is 1.21. The van der Waals surface area contributed by atoms with Crippen molar-refractivity contribution in [3.63, 3.8) is 0 Å². The average molecular weight is 183 g/mol. The van der Waals surface area contributed by atoms with Crippen molar-refractivity contribution in [3.8, 4) is 5.75 Å². The van der Waals surface area contributed by atoms with E-state index in [0.29, 0.717) is 5.75 Å². The van der Waals surface area contributed by atoms with Gasteiger partial charge in [0.05, 0.1) is 7.11 Å². The molecule has 0 spiro atoms. The molecule has 1 aromatic rings. The SMILES string of the molecule is CCC(N)c1ccc(F)cc1OC. The van der Waals surface area contributed by atoms with Gasteiger partial charge in [-0.3, -0.25) is 0 Å². The molecule has 0 saturated carbocycles. The van der Waals surface area contributed by atoms with Crippen molar-refractivity contribution in [2.45, 2.75) is 19.4 Å². The lowest BCUT2D eigenvalue weighted by Crippen LogP contribution is -2.10. The Morgan fingerprint density at radius 1 is 1.54 bits per heavy atom. The lowest BCUT2D eigenvalue weighted by molar-refractivity contribution is 0.401. The van der Waals surface area contributed by atoms with Crippen molar-refractivity contribution in [2.24, 2.45) is 5.73 Å². The van der Waals surface area contributed by atoms with E-state index in [2.05, 4.69) is 0 Å². The molecule has 0 amide bonds. The van der Waals surface area contributed by atoms with Gasteiger partial charge in [0, 0.05) is 17.7 Å². The van der Waals surface area contributed by atoms with Crippen LogP contribution in [0.15, 0.2) is 18.2 Å². The fourth-order valence-corrected chi connectivity index (χ4v) is 1.21. The van der Waals surface area contributed by atoms with Crippen molar-refractivity contribution in [1.82, 2.24) is 0 Å². The largest absolute Gasteiger partial charge is 0.496 e. The van der Waals surface area contributed by atoms with Crippen LogP contribution in [0.1, 0.15) is 24.9 Å². The van der Waals surface area contributed by atoms with Gasteiger partial charge in [0.15, 0.2) is 0 Å². The first-order valence-electron chi connectivity index (χ1n) is 4.28. The van der Waals surface area contributed by atoms with Crippen LogP contribution in [0.2, 0.25) is 0 Å².